The van der Waals surface area contributed by atoms with Crippen LogP contribution in [0.4, 0.5) is 5.82 Å². The topological polar surface area (TPSA) is 82.5 Å². The maximum Gasteiger partial charge on any atom is 0.339 e. The Morgan fingerprint density at radius 1 is 1.53 bits per heavy atom. The fourth-order valence-electron chi connectivity index (χ4n) is 1.50. The molecule has 0 spiro atoms. The van der Waals surface area contributed by atoms with E-state index in [-0.39, 0.29) is 23.8 Å². The number of carboxylic acid groups (broad SMARTS) is 1. The lowest BCUT2D eigenvalue weighted by molar-refractivity contribution is -0.119. The van der Waals surface area contributed by atoms with E-state index in [4.69, 9.17) is 5.11 Å². The van der Waals surface area contributed by atoms with E-state index < -0.39 is 5.97 Å². The van der Waals surface area contributed by atoms with Gasteiger partial charge in [-0.1, -0.05) is 6.92 Å². The fourth-order valence-corrected chi connectivity index (χ4v) is 1.84. The van der Waals surface area contributed by atoms with Gasteiger partial charge in [0.25, 0.3) is 0 Å². The van der Waals surface area contributed by atoms with Crippen LogP contribution in [0.2, 0.25) is 0 Å². The first kappa shape index (κ1) is 15.4. The number of nitrogens with one attached hydrogen (secondary N) is 1. The number of pyridine rings is 1. The van der Waals surface area contributed by atoms with Gasteiger partial charge < -0.3 is 15.3 Å². The second-order valence-corrected chi connectivity index (χ2v) is 4.95. The smallest absolute Gasteiger partial charge is 0.339 e. The van der Waals surface area contributed by atoms with E-state index in [0.29, 0.717) is 11.0 Å². The zero-order valence-electron chi connectivity index (χ0n) is 10.8. The number of amides is 1. The minimum atomic E-state index is -1.08. The van der Waals surface area contributed by atoms with Gasteiger partial charge in [-0.2, -0.15) is 0 Å². The van der Waals surface area contributed by atoms with Gasteiger partial charge in [0.1, 0.15) is 11.4 Å². The highest BCUT2D eigenvalue weighted by Crippen LogP contribution is 2.20. The lowest BCUT2D eigenvalue weighted by atomic mass is 10.2. The van der Waals surface area contributed by atoms with E-state index in [2.05, 4.69) is 26.2 Å². The van der Waals surface area contributed by atoms with Gasteiger partial charge in [0.2, 0.25) is 5.91 Å². The second kappa shape index (κ2) is 7.08. The molecular weight excluding hydrogens is 314 g/mol. The summed E-state index contributed by atoms with van der Waals surface area (Å²) in [6, 6.07) is 1.46. The predicted octanol–water partition coefficient (Wildman–Crippen LogP) is 1.50. The molecule has 6 nitrogen and oxygen atoms in total. The van der Waals surface area contributed by atoms with Gasteiger partial charge in [-0.25, -0.2) is 9.78 Å². The molecule has 0 fully saturated rings. The molecule has 1 aromatic rings. The highest BCUT2D eigenvalue weighted by atomic mass is 79.9. The maximum atomic E-state index is 11.6. The maximum absolute atomic E-state index is 11.6. The van der Waals surface area contributed by atoms with Crippen molar-refractivity contribution in [1.29, 1.82) is 0 Å². The van der Waals surface area contributed by atoms with Crippen molar-refractivity contribution in [3.8, 4) is 0 Å². The molecule has 1 heterocycles. The third kappa shape index (κ3) is 4.51. The quantitative estimate of drug-likeness (QED) is 0.826. The van der Waals surface area contributed by atoms with Gasteiger partial charge in [-0.15, -0.1) is 0 Å². The van der Waals surface area contributed by atoms with Crippen molar-refractivity contribution in [2.75, 3.05) is 25.0 Å². The zero-order chi connectivity index (χ0) is 14.4. The average molecular weight is 330 g/mol. The normalized spacial score (nSPS) is 10.1. The number of nitrogens with zero attached hydrogens (tertiary/aromatic N) is 2. The highest BCUT2D eigenvalue weighted by Gasteiger charge is 2.17. The number of likely N-dealkylation sites (N-methyl/N-ethyl adjacent to an activating group) is 1. The van der Waals surface area contributed by atoms with Crippen LogP contribution in [0.5, 0.6) is 0 Å². The Balaban J connectivity index is 2.84. The summed E-state index contributed by atoms with van der Waals surface area (Å²) in [7, 11) is 1.63. The molecule has 2 N–H and O–H groups in total. The van der Waals surface area contributed by atoms with Gasteiger partial charge in [-0.05, 0) is 28.4 Å². The summed E-state index contributed by atoms with van der Waals surface area (Å²) in [6.45, 7) is 2.63. The van der Waals surface area contributed by atoms with Crippen molar-refractivity contribution in [3.63, 3.8) is 0 Å². The van der Waals surface area contributed by atoms with E-state index in [1.54, 1.807) is 7.05 Å². The molecule has 7 heteroatoms. The van der Waals surface area contributed by atoms with Crippen LogP contribution in [0.3, 0.4) is 0 Å². The van der Waals surface area contributed by atoms with Crippen molar-refractivity contribution in [1.82, 2.24) is 10.3 Å². The molecule has 1 rings (SSSR count). The SMILES string of the molecule is CCCNC(=O)CN(C)c1ncc(Br)cc1C(=O)O. The van der Waals surface area contributed by atoms with Crippen molar-refractivity contribution < 1.29 is 14.7 Å². The van der Waals surface area contributed by atoms with Crippen LogP contribution >= 0.6 is 15.9 Å². The first-order chi connectivity index (χ1) is 8.95. The number of anilines is 1. The van der Waals surface area contributed by atoms with Crippen LogP contribution in [-0.4, -0.2) is 42.1 Å². The first-order valence-corrected chi connectivity index (χ1v) is 6.61. The Labute approximate surface area is 120 Å². The molecule has 104 valence electrons. The molecule has 0 bridgehead atoms. The lowest BCUT2D eigenvalue weighted by Crippen LogP contribution is -2.36. The molecule has 0 atom stereocenters. The molecule has 0 aliphatic heterocycles. The van der Waals surface area contributed by atoms with Crippen molar-refractivity contribution in [2.24, 2.45) is 0 Å². The van der Waals surface area contributed by atoms with Crippen LogP contribution in [0.15, 0.2) is 16.7 Å². The summed E-state index contributed by atoms with van der Waals surface area (Å²) in [6.07, 6.45) is 2.36. The number of rotatable bonds is 6. The Kier molecular flexibility index (Phi) is 5.75. The summed E-state index contributed by atoms with van der Waals surface area (Å²) in [4.78, 5) is 28.3. The van der Waals surface area contributed by atoms with E-state index in [1.165, 1.54) is 17.2 Å². The summed E-state index contributed by atoms with van der Waals surface area (Å²) in [5.41, 5.74) is 0.0557. The summed E-state index contributed by atoms with van der Waals surface area (Å²) in [5, 5.41) is 11.9. The lowest BCUT2D eigenvalue weighted by Gasteiger charge is -2.19. The summed E-state index contributed by atoms with van der Waals surface area (Å²) in [5.74, 6) is -0.975. The van der Waals surface area contributed by atoms with Crippen LogP contribution in [-0.2, 0) is 4.79 Å². The van der Waals surface area contributed by atoms with Gasteiger partial charge >= 0.3 is 5.97 Å². The molecule has 0 unspecified atom stereocenters. The molecule has 19 heavy (non-hydrogen) atoms. The van der Waals surface area contributed by atoms with Crippen molar-refractivity contribution in [3.05, 3.63) is 22.3 Å². The van der Waals surface area contributed by atoms with E-state index in [9.17, 15) is 9.59 Å². The first-order valence-electron chi connectivity index (χ1n) is 5.82. The van der Waals surface area contributed by atoms with Gasteiger partial charge in [0.05, 0.1) is 6.54 Å². The van der Waals surface area contributed by atoms with Crippen molar-refractivity contribution >= 4 is 33.6 Å². The zero-order valence-corrected chi connectivity index (χ0v) is 12.4. The molecule has 0 aliphatic rings. The van der Waals surface area contributed by atoms with Crippen LogP contribution in [0.25, 0.3) is 0 Å². The predicted molar refractivity (Wildman–Crippen MR) is 75.5 cm³/mol. The molecule has 0 radical (unpaired) electrons. The van der Waals surface area contributed by atoms with Gasteiger partial charge in [-0.3, -0.25) is 4.79 Å². The molecule has 0 aromatic carbocycles. The molecule has 0 aliphatic carbocycles. The minimum Gasteiger partial charge on any atom is -0.478 e. The Morgan fingerprint density at radius 3 is 2.79 bits per heavy atom. The molecule has 0 saturated carbocycles. The Hall–Kier alpha value is -1.63. The van der Waals surface area contributed by atoms with Crippen LogP contribution in [0, 0.1) is 0 Å². The van der Waals surface area contributed by atoms with E-state index in [0.717, 1.165) is 6.42 Å². The van der Waals surface area contributed by atoms with E-state index >= 15 is 0 Å². The fraction of sp³-hybridized carbons (Fsp3) is 0.417. The van der Waals surface area contributed by atoms with Crippen molar-refractivity contribution in [2.45, 2.75) is 13.3 Å². The largest absolute Gasteiger partial charge is 0.478 e. The number of carbonyl (C=O) groups is 2. The van der Waals surface area contributed by atoms with Crippen LogP contribution < -0.4 is 10.2 Å². The second-order valence-electron chi connectivity index (χ2n) is 4.04. The highest BCUT2D eigenvalue weighted by molar-refractivity contribution is 9.10. The number of aromatic carboxylic acids is 1. The third-order valence-corrected chi connectivity index (χ3v) is 2.81. The third-order valence-electron chi connectivity index (χ3n) is 2.38. The molecule has 0 saturated heterocycles. The minimum absolute atomic E-state index is 0.0557. The average Bonchev–Trinajstić information content (AvgIpc) is 2.35. The van der Waals surface area contributed by atoms with Crippen LogP contribution in [0.1, 0.15) is 23.7 Å². The molecular formula is C12H16BrN3O3. The number of aromatic nitrogens is 1. The molecule has 1 aromatic heterocycles. The number of carboxylic acids is 1. The van der Waals surface area contributed by atoms with Gasteiger partial charge in [0, 0.05) is 24.3 Å². The Morgan fingerprint density at radius 2 is 2.21 bits per heavy atom. The van der Waals surface area contributed by atoms with E-state index in [1.807, 2.05) is 6.92 Å². The number of carbonyl (C=O) groups excluding carboxylic acids is 1. The summed E-state index contributed by atoms with van der Waals surface area (Å²) < 4.78 is 0.581. The molecule has 1 amide bonds. The number of halogens is 1. The Bertz CT molecular complexity index is 479. The standard InChI is InChI=1S/C12H16BrN3O3/c1-3-4-14-10(17)7-16(2)11-9(12(18)19)5-8(13)6-15-11/h5-6H,3-4,7H2,1-2H3,(H,14,17)(H,18,19). The number of hydrogen-bond donors (Lipinski definition) is 2. The van der Waals surface area contributed by atoms with Gasteiger partial charge in [0.15, 0.2) is 0 Å². The number of hydrogen-bond acceptors (Lipinski definition) is 4. The monoisotopic (exact) mass is 329 g/mol. The summed E-state index contributed by atoms with van der Waals surface area (Å²) >= 11 is 3.18.